The summed E-state index contributed by atoms with van der Waals surface area (Å²) in [6.45, 7) is 0. The zero-order chi connectivity index (χ0) is 15.4. The van der Waals surface area contributed by atoms with Crippen molar-refractivity contribution in [2.75, 3.05) is 0 Å². The Labute approximate surface area is 127 Å². The molecule has 0 unspecified atom stereocenters. The molecular weight excluding hydrogens is 279 g/mol. The number of hydrogen-bond donors (Lipinski definition) is 1. The van der Waals surface area contributed by atoms with Gasteiger partial charge in [0.1, 0.15) is 5.82 Å². The molecule has 0 aliphatic heterocycles. The Morgan fingerprint density at radius 1 is 1.05 bits per heavy atom. The number of benzene rings is 2. The second-order valence-corrected chi connectivity index (χ2v) is 4.78. The monoisotopic (exact) mass is 292 g/mol. The van der Waals surface area contributed by atoms with E-state index in [0.29, 0.717) is 5.56 Å². The van der Waals surface area contributed by atoms with Gasteiger partial charge in [0.15, 0.2) is 5.78 Å². The molecular formula is C18H13FN2O. The summed E-state index contributed by atoms with van der Waals surface area (Å²) in [6, 6.07) is 17.1. The number of ketones is 1. The number of allylic oxidation sites excluding steroid dienone is 1. The highest BCUT2D eigenvalue weighted by atomic mass is 19.1. The topological polar surface area (TPSA) is 45.8 Å². The molecule has 0 bridgehead atoms. The molecule has 1 aromatic heterocycles. The third-order valence-electron chi connectivity index (χ3n) is 3.21. The second-order valence-electron chi connectivity index (χ2n) is 4.78. The fourth-order valence-corrected chi connectivity index (χ4v) is 2.05. The number of nitrogens with zero attached hydrogens (tertiary/aromatic N) is 1. The number of nitrogens with one attached hydrogen (secondary N) is 1. The molecule has 22 heavy (non-hydrogen) atoms. The van der Waals surface area contributed by atoms with Gasteiger partial charge in [-0.2, -0.15) is 5.10 Å². The van der Waals surface area contributed by atoms with E-state index in [2.05, 4.69) is 10.2 Å². The van der Waals surface area contributed by atoms with Gasteiger partial charge in [-0.3, -0.25) is 9.89 Å². The van der Waals surface area contributed by atoms with Gasteiger partial charge in [-0.15, -0.1) is 0 Å². The molecule has 3 nitrogen and oxygen atoms in total. The van der Waals surface area contributed by atoms with Gasteiger partial charge < -0.3 is 0 Å². The fourth-order valence-electron chi connectivity index (χ4n) is 2.05. The van der Waals surface area contributed by atoms with E-state index < -0.39 is 0 Å². The fraction of sp³-hybridized carbons (Fsp3) is 0. The predicted molar refractivity (Wildman–Crippen MR) is 83.8 cm³/mol. The van der Waals surface area contributed by atoms with E-state index >= 15 is 0 Å². The lowest BCUT2D eigenvalue weighted by Gasteiger charge is -1.94. The summed E-state index contributed by atoms with van der Waals surface area (Å²) < 4.78 is 12.8. The molecule has 0 saturated carbocycles. The molecule has 0 spiro atoms. The van der Waals surface area contributed by atoms with Gasteiger partial charge in [0.05, 0.1) is 11.4 Å². The van der Waals surface area contributed by atoms with Gasteiger partial charge in [0.25, 0.3) is 0 Å². The van der Waals surface area contributed by atoms with E-state index in [9.17, 15) is 9.18 Å². The van der Waals surface area contributed by atoms with Crippen LogP contribution in [0.2, 0.25) is 0 Å². The molecule has 0 atom stereocenters. The second kappa shape index (κ2) is 6.18. The van der Waals surface area contributed by atoms with Crippen LogP contribution in [0, 0.1) is 5.82 Å². The van der Waals surface area contributed by atoms with Crippen molar-refractivity contribution in [3.63, 3.8) is 0 Å². The average molecular weight is 292 g/mol. The Balaban J connectivity index is 1.75. The highest BCUT2D eigenvalue weighted by Crippen LogP contribution is 2.17. The zero-order valence-corrected chi connectivity index (χ0v) is 11.7. The molecule has 0 saturated heterocycles. The van der Waals surface area contributed by atoms with Crippen LogP contribution in [0.1, 0.15) is 16.1 Å². The molecule has 0 amide bonds. The molecule has 0 radical (unpaired) electrons. The van der Waals surface area contributed by atoms with Crippen LogP contribution in [0.25, 0.3) is 17.3 Å². The van der Waals surface area contributed by atoms with Crippen LogP contribution >= 0.6 is 0 Å². The van der Waals surface area contributed by atoms with Crippen LogP contribution in [0.5, 0.6) is 0 Å². The Morgan fingerprint density at radius 3 is 2.50 bits per heavy atom. The molecule has 3 aromatic rings. The third-order valence-corrected chi connectivity index (χ3v) is 3.21. The lowest BCUT2D eigenvalue weighted by atomic mass is 10.1. The molecule has 3 rings (SSSR count). The Bertz CT molecular complexity index is 805. The average Bonchev–Trinajstić information content (AvgIpc) is 3.03. The van der Waals surface area contributed by atoms with Crippen molar-refractivity contribution in [1.82, 2.24) is 10.2 Å². The van der Waals surface area contributed by atoms with Crippen LogP contribution in [-0.2, 0) is 0 Å². The first kappa shape index (κ1) is 13.9. The minimum absolute atomic E-state index is 0.184. The van der Waals surface area contributed by atoms with Crippen molar-refractivity contribution in [3.8, 4) is 11.3 Å². The van der Waals surface area contributed by atoms with Gasteiger partial charge in [-0.1, -0.05) is 30.3 Å². The summed E-state index contributed by atoms with van der Waals surface area (Å²) in [4.78, 5) is 12.0. The largest absolute Gasteiger partial charge is 0.289 e. The number of hydrogen-bond acceptors (Lipinski definition) is 2. The van der Waals surface area contributed by atoms with Crippen LogP contribution in [0.3, 0.4) is 0 Å². The molecule has 108 valence electrons. The van der Waals surface area contributed by atoms with Crippen molar-refractivity contribution in [2.24, 2.45) is 0 Å². The molecule has 0 aliphatic rings. The summed E-state index contributed by atoms with van der Waals surface area (Å²) in [5.41, 5.74) is 2.99. The van der Waals surface area contributed by atoms with E-state index in [1.807, 2.05) is 36.4 Å². The number of carbonyl (C=O) groups is 1. The third kappa shape index (κ3) is 3.17. The van der Waals surface area contributed by atoms with Crippen LogP contribution in [0.15, 0.2) is 66.7 Å². The number of H-pyrrole nitrogens is 1. The van der Waals surface area contributed by atoms with Gasteiger partial charge in [-0.25, -0.2) is 4.39 Å². The standard InChI is InChI=1S/C18H13FN2O/c19-15-8-6-14(7-9-15)18(22)11-10-16-12-17(21-20-16)13-4-2-1-3-5-13/h1-12H,(H,20,21)/b11-10+. The van der Waals surface area contributed by atoms with Gasteiger partial charge in [0, 0.05) is 11.1 Å². The first-order valence-corrected chi connectivity index (χ1v) is 6.81. The van der Waals surface area contributed by atoms with Crippen LogP contribution < -0.4 is 0 Å². The van der Waals surface area contributed by atoms with Gasteiger partial charge in [-0.05, 0) is 42.5 Å². The summed E-state index contributed by atoms with van der Waals surface area (Å²) >= 11 is 0. The molecule has 0 aliphatic carbocycles. The van der Waals surface area contributed by atoms with Gasteiger partial charge >= 0.3 is 0 Å². The maximum absolute atomic E-state index is 12.8. The summed E-state index contributed by atoms with van der Waals surface area (Å²) in [5.74, 6) is -0.544. The lowest BCUT2D eigenvalue weighted by Crippen LogP contribution is -1.93. The van der Waals surface area contributed by atoms with E-state index in [1.54, 1.807) is 6.08 Å². The Kier molecular flexibility index (Phi) is 3.92. The predicted octanol–water partition coefficient (Wildman–Crippen LogP) is 4.11. The quantitative estimate of drug-likeness (QED) is 0.581. The maximum Gasteiger partial charge on any atom is 0.185 e. The number of rotatable bonds is 4. The summed E-state index contributed by atoms with van der Waals surface area (Å²) in [7, 11) is 0. The van der Waals surface area contributed by atoms with Crippen molar-refractivity contribution in [2.45, 2.75) is 0 Å². The lowest BCUT2D eigenvalue weighted by molar-refractivity contribution is 0.104. The molecule has 1 N–H and O–H groups in total. The maximum atomic E-state index is 12.8. The highest BCUT2D eigenvalue weighted by Gasteiger charge is 2.04. The summed E-state index contributed by atoms with van der Waals surface area (Å²) in [5, 5.41) is 7.08. The number of aromatic amines is 1. The van der Waals surface area contributed by atoms with Gasteiger partial charge in [0.2, 0.25) is 0 Å². The van der Waals surface area contributed by atoms with Crippen LogP contribution in [-0.4, -0.2) is 16.0 Å². The minimum atomic E-state index is -0.360. The molecule has 0 fully saturated rings. The van der Waals surface area contributed by atoms with Crippen molar-refractivity contribution >= 4 is 11.9 Å². The Hall–Kier alpha value is -3.01. The van der Waals surface area contributed by atoms with E-state index in [1.165, 1.54) is 30.3 Å². The van der Waals surface area contributed by atoms with Crippen LogP contribution in [0.4, 0.5) is 4.39 Å². The smallest absolute Gasteiger partial charge is 0.185 e. The molecule has 2 aromatic carbocycles. The van der Waals surface area contributed by atoms with Crippen molar-refractivity contribution in [3.05, 3.63) is 83.8 Å². The number of carbonyl (C=O) groups excluding carboxylic acids is 1. The molecule has 1 heterocycles. The van der Waals surface area contributed by atoms with E-state index in [-0.39, 0.29) is 11.6 Å². The van der Waals surface area contributed by atoms with E-state index in [4.69, 9.17) is 0 Å². The van der Waals surface area contributed by atoms with Crippen molar-refractivity contribution < 1.29 is 9.18 Å². The first-order valence-electron chi connectivity index (χ1n) is 6.81. The molecule has 4 heteroatoms. The SMILES string of the molecule is O=C(/C=C/c1cc(-c2ccccc2)n[nH]1)c1ccc(F)cc1. The van der Waals surface area contributed by atoms with Crippen molar-refractivity contribution in [1.29, 1.82) is 0 Å². The number of halogens is 1. The normalized spacial score (nSPS) is 11.0. The highest BCUT2D eigenvalue weighted by molar-refractivity contribution is 6.06. The summed E-state index contributed by atoms with van der Waals surface area (Å²) in [6.07, 6.45) is 3.10. The zero-order valence-electron chi connectivity index (χ0n) is 11.7. The van der Waals surface area contributed by atoms with E-state index in [0.717, 1.165) is 17.0 Å². The minimum Gasteiger partial charge on any atom is -0.289 e. The first-order chi connectivity index (χ1) is 10.7. The number of aromatic nitrogens is 2. The Morgan fingerprint density at radius 2 is 1.77 bits per heavy atom.